The van der Waals surface area contributed by atoms with Gasteiger partial charge in [0.1, 0.15) is 5.82 Å². The summed E-state index contributed by atoms with van der Waals surface area (Å²) in [7, 11) is 0. The Morgan fingerprint density at radius 3 is 2.71 bits per heavy atom. The summed E-state index contributed by atoms with van der Waals surface area (Å²) < 4.78 is 0.963. The van der Waals surface area contributed by atoms with Crippen LogP contribution in [0, 0.1) is 12.8 Å². The van der Waals surface area contributed by atoms with Crippen LogP contribution in [0.3, 0.4) is 0 Å². The van der Waals surface area contributed by atoms with Gasteiger partial charge in [-0.1, -0.05) is 13.8 Å². The van der Waals surface area contributed by atoms with E-state index >= 15 is 0 Å². The fraction of sp³-hybridized carbons (Fsp3) is 0.500. The number of aryl methyl sites for hydroxylation is 1. The van der Waals surface area contributed by atoms with E-state index in [2.05, 4.69) is 34.8 Å². The number of halogens is 1. The largest absolute Gasteiger partial charge is 0.368 e. The van der Waals surface area contributed by atoms with Crippen molar-refractivity contribution in [3.63, 3.8) is 0 Å². The summed E-state index contributed by atoms with van der Waals surface area (Å²) in [6, 6.07) is 1.95. The third-order valence-corrected chi connectivity index (χ3v) is 3.12. The number of nitrogens with two attached hydrogens (primary N) is 1. The quantitative estimate of drug-likeness (QED) is 0.906. The molecule has 0 aromatic carbocycles. The second kappa shape index (κ2) is 6.00. The topological polar surface area (TPSA) is 59.2 Å². The van der Waals surface area contributed by atoms with Crippen LogP contribution < -0.4 is 10.6 Å². The van der Waals surface area contributed by atoms with Crippen LogP contribution in [0.15, 0.2) is 16.7 Å². The van der Waals surface area contributed by atoms with Crippen LogP contribution in [-0.2, 0) is 4.79 Å². The number of amides is 1. The van der Waals surface area contributed by atoms with Crippen molar-refractivity contribution in [1.82, 2.24) is 4.98 Å². The molecule has 1 rings (SSSR count). The lowest BCUT2D eigenvalue weighted by Crippen LogP contribution is -2.36. The average molecular weight is 300 g/mol. The second-order valence-corrected chi connectivity index (χ2v) is 5.39. The zero-order valence-electron chi connectivity index (χ0n) is 10.4. The number of pyridine rings is 1. The van der Waals surface area contributed by atoms with E-state index in [9.17, 15) is 4.79 Å². The first-order chi connectivity index (χ1) is 7.90. The standard InChI is InChI=1S/C12H18BrN3O/c1-8(2)6-16(7-11(14)17)12-4-9(3)10(13)5-15-12/h4-5,8H,6-7H2,1-3H3,(H2,14,17). The zero-order valence-corrected chi connectivity index (χ0v) is 12.0. The van der Waals surface area contributed by atoms with Crippen molar-refractivity contribution in [3.05, 3.63) is 22.3 Å². The molecule has 17 heavy (non-hydrogen) atoms. The minimum absolute atomic E-state index is 0.201. The van der Waals surface area contributed by atoms with Gasteiger partial charge in [0, 0.05) is 17.2 Å². The highest BCUT2D eigenvalue weighted by Gasteiger charge is 2.13. The molecule has 0 aliphatic rings. The summed E-state index contributed by atoms with van der Waals surface area (Å²) in [5, 5.41) is 0. The van der Waals surface area contributed by atoms with Gasteiger partial charge in [0.2, 0.25) is 5.91 Å². The lowest BCUT2D eigenvalue weighted by atomic mass is 10.2. The fourth-order valence-electron chi connectivity index (χ4n) is 1.57. The minimum atomic E-state index is -0.340. The van der Waals surface area contributed by atoms with Crippen molar-refractivity contribution in [2.45, 2.75) is 20.8 Å². The molecule has 1 aromatic rings. The van der Waals surface area contributed by atoms with E-state index in [1.165, 1.54) is 0 Å². The lowest BCUT2D eigenvalue weighted by Gasteiger charge is -2.24. The normalized spacial score (nSPS) is 10.6. The Labute approximate surface area is 110 Å². The minimum Gasteiger partial charge on any atom is -0.368 e. The molecule has 1 heterocycles. The first-order valence-corrected chi connectivity index (χ1v) is 6.35. The average Bonchev–Trinajstić information content (AvgIpc) is 2.19. The molecule has 94 valence electrons. The molecule has 0 saturated heterocycles. The van der Waals surface area contributed by atoms with Gasteiger partial charge in [0.15, 0.2) is 0 Å². The van der Waals surface area contributed by atoms with Gasteiger partial charge in [-0.2, -0.15) is 0 Å². The smallest absolute Gasteiger partial charge is 0.236 e. The van der Waals surface area contributed by atoms with Crippen LogP contribution in [0.25, 0.3) is 0 Å². The van der Waals surface area contributed by atoms with Gasteiger partial charge in [-0.05, 0) is 40.4 Å². The number of rotatable bonds is 5. The molecule has 0 unspecified atom stereocenters. The van der Waals surface area contributed by atoms with Gasteiger partial charge in [0.25, 0.3) is 0 Å². The Kier molecular flexibility index (Phi) is 4.93. The number of carbonyl (C=O) groups is 1. The Morgan fingerprint density at radius 1 is 1.59 bits per heavy atom. The van der Waals surface area contributed by atoms with Gasteiger partial charge in [-0.25, -0.2) is 4.98 Å². The Balaban J connectivity index is 2.94. The third-order valence-electron chi connectivity index (χ3n) is 2.29. The lowest BCUT2D eigenvalue weighted by molar-refractivity contribution is -0.116. The van der Waals surface area contributed by atoms with Crippen LogP contribution in [0.1, 0.15) is 19.4 Å². The first kappa shape index (κ1) is 14.0. The molecule has 0 radical (unpaired) electrons. The number of anilines is 1. The maximum absolute atomic E-state index is 11.1. The molecule has 0 aliphatic heterocycles. The van der Waals surface area contributed by atoms with Gasteiger partial charge in [0.05, 0.1) is 6.54 Å². The Hall–Kier alpha value is -1.10. The fourth-order valence-corrected chi connectivity index (χ4v) is 1.78. The molecule has 1 amide bonds. The van der Waals surface area contributed by atoms with Gasteiger partial charge in [-0.3, -0.25) is 4.79 Å². The molecule has 0 spiro atoms. The maximum Gasteiger partial charge on any atom is 0.236 e. The maximum atomic E-state index is 11.1. The van der Waals surface area contributed by atoms with E-state index in [1.807, 2.05) is 17.9 Å². The van der Waals surface area contributed by atoms with Crippen LogP contribution in [-0.4, -0.2) is 24.0 Å². The molecular weight excluding hydrogens is 282 g/mol. The molecule has 5 heteroatoms. The SMILES string of the molecule is Cc1cc(N(CC(N)=O)CC(C)C)ncc1Br. The molecule has 0 fully saturated rings. The number of aromatic nitrogens is 1. The van der Waals surface area contributed by atoms with Gasteiger partial charge < -0.3 is 10.6 Å². The summed E-state index contributed by atoms with van der Waals surface area (Å²) in [5.41, 5.74) is 6.35. The van der Waals surface area contributed by atoms with Crippen molar-refractivity contribution in [3.8, 4) is 0 Å². The summed E-state index contributed by atoms with van der Waals surface area (Å²) in [6.07, 6.45) is 1.75. The highest BCUT2D eigenvalue weighted by Crippen LogP contribution is 2.20. The summed E-state index contributed by atoms with van der Waals surface area (Å²) in [5.74, 6) is 0.895. The highest BCUT2D eigenvalue weighted by molar-refractivity contribution is 9.10. The second-order valence-electron chi connectivity index (χ2n) is 4.53. The first-order valence-electron chi connectivity index (χ1n) is 5.55. The zero-order chi connectivity index (χ0) is 13.0. The molecule has 2 N–H and O–H groups in total. The molecule has 0 bridgehead atoms. The molecule has 4 nitrogen and oxygen atoms in total. The predicted molar refractivity (Wildman–Crippen MR) is 72.9 cm³/mol. The van der Waals surface area contributed by atoms with Crippen molar-refractivity contribution >= 4 is 27.7 Å². The van der Waals surface area contributed by atoms with Crippen LogP contribution in [0.5, 0.6) is 0 Å². The van der Waals surface area contributed by atoms with E-state index in [1.54, 1.807) is 6.20 Å². The van der Waals surface area contributed by atoms with E-state index in [0.29, 0.717) is 5.92 Å². The van der Waals surface area contributed by atoms with Gasteiger partial charge in [-0.15, -0.1) is 0 Å². The molecule has 0 saturated carbocycles. The number of carbonyl (C=O) groups excluding carboxylic acids is 1. The van der Waals surface area contributed by atoms with E-state index in [0.717, 1.165) is 22.4 Å². The van der Waals surface area contributed by atoms with Gasteiger partial charge >= 0.3 is 0 Å². The van der Waals surface area contributed by atoms with E-state index in [-0.39, 0.29) is 12.5 Å². The third kappa shape index (κ3) is 4.34. The number of hydrogen-bond donors (Lipinski definition) is 1. The van der Waals surface area contributed by atoms with Crippen LogP contribution >= 0.6 is 15.9 Å². The number of primary amides is 1. The summed E-state index contributed by atoms with van der Waals surface area (Å²) in [6.45, 7) is 7.15. The molecular formula is C12H18BrN3O. The van der Waals surface area contributed by atoms with Crippen molar-refractivity contribution in [2.75, 3.05) is 18.0 Å². The molecule has 0 atom stereocenters. The van der Waals surface area contributed by atoms with Crippen molar-refractivity contribution in [1.29, 1.82) is 0 Å². The van der Waals surface area contributed by atoms with E-state index < -0.39 is 0 Å². The summed E-state index contributed by atoms with van der Waals surface area (Å²) >= 11 is 3.41. The number of hydrogen-bond acceptors (Lipinski definition) is 3. The molecule has 0 aliphatic carbocycles. The van der Waals surface area contributed by atoms with E-state index in [4.69, 9.17) is 5.73 Å². The van der Waals surface area contributed by atoms with Crippen molar-refractivity contribution in [2.24, 2.45) is 11.7 Å². The number of nitrogens with zero attached hydrogens (tertiary/aromatic N) is 2. The molecule has 1 aromatic heterocycles. The van der Waals surface area contributed by atoms with Crippen LogP contribution in [0.2, 0.25) is 0 Å². The Bertz CT molecular complexity index is 407. The van der Waals surface area contributed by atoms with Crippen LogP contribution in [0.4, 0.5) is 5.82 Å². The predicted octanol–water partition coefficient (Wildman–Crippen LogP) is 2.10. The Morgan fingerprint density at radius 2 is 2.24 bits per heavy atom. The summed E-state index contributed by atoms with van der Waals surface area (Å²) in [4.78, 5) is 17.3. The van der Waals surface area contributed by atoms with Crippen molar-refractivity contribution < 1.29 is 4.79 Å². The monoisotopic (exact) mass is 299 g/mol. The highest BCUT2D eigenvalue weighted by atomic mass is 79.9.